The van der Waals surface area contributed by atoms with E-state index in [4.69, 9.17) is 0 Å². The van der Waals surface area contributed by atoms with Crippen LogP contribution in [0.15, 0.2) is 37.0 Å². The molecule has 0 unspecified atom stereocenters. The summed E-state index contributed by atoms with van der Waals surface area (Å²) in [6.45, 7) is 3.70. The third-order valence-corrected chi connectivity index (χ3v) is 2.05. The van der Waals surface area contributed by atoms with Crippen LogP contribution in [0, 0.1) is 0 Å². The maximum absolute atomic E-state index is 12.6. The SMILES string of the molecule is C=CN(C)Cc1ccccc1C(F)(F)F. The molecule has 4 heteroatoms. The Morgan fingerprint density at radius 1 is 1.33 bits per heavy atom. The Labute approximate surface area is 86.8 Å². The number of nitrogens with zero attached hydrogens (tertiary/aromatic N) is 1. The molecular formula is C11H12F3N. The number of hydrogen-bond donors (Lipinski definition) is 0. The summed E-state index contributed by atoms with van der Waals surface area (Å²) in [7, 11) is 1.68. The van der Waals surface area contributed by atoms with Crippen molar-refractivity contribution in [2.75, 3.05) is 7.05 Å². The fourth-order valence-electron chi connectivity index (χ4n) is 1.27. The van der Waals surface area contributed by atoms with Crippen molar-refractivity contribution >= 4 is 0 Å². The van der Waals surface area contributed by atoms with Gasteiger partial charge in [0.05, 0.1) is 5.56 Å². The summed E-state index contributed by atoms with van der Waals surface area (Å²) in [5.74, 6) is 0. The van der Waals surface area contributed by atoms with Crippen LogP contribution in [-0.2, 0) is 12.7 Å². The molecule has 0 saturated carbocycles. The van der Waals surface area contributed by atoms with E-state index in [9.17, 15) is 13.2 Å². The maximum Gasteiger partial charge on any atom is 0.416 e. The van der Waals surface area contributed by atoms with E-state index >= 15 is 0 Å². The average Bonchev–Trinajstić information content (AvgIpc) is 2.17. The maximum atomic E-state index is 12.6. The van der Waals surface area contributed by atoms with E-state index in [1.54, 1.807) is 18.0 Å². The second kappa shape index (κ2) is 4.38. The highest BCUT2D eigenvalue weighted by molar-refractivity contribution is 5.29. The molecule has 1 aromatic rings. The Morgan fingerprint density at radius 3 is 2.47 bits per heavy atom. The molecule has 0 spiro atoms. The Hall–Kier alpha value is -1.45. The summed E-state index contributed by atoms with van der Waals surface area (Å²) >= 11 is 0. The molecule has 1 aromatic carbocycles. The number of alkyl halides is 3. The first-order chi connectivity index (χ1) is 6.95. The van der Waals surface area contributed by atoms with Crippen molar-refractivity contribution in [3.63, 3.8) is 0 Å². The van der Waals surface area contributed by atoms with E-state index in [2.05, 4.69) is 6.58 Å². The van der Waals surface area contributed by atoms with Gasteiger partial charge in [-0.15, -0.1) is 0 Å². The zero-order chi connectivity index (χ0) is 11.5. The van der Waals surface area contributed by atoms with Gasteiger partial charge in [-0.25, -0.2) is 0 Å². The predicted molar refractivity (Wildman–Crippen MR) is 53.1 cm³/mol. The molecule has 0 bridgehead atoms. The smallest absolute Gasteiger partial charge is 0.377 e. The minimum atomic E-state index is -4.29. The van der Waals surface area contributed by atoms with Gasteiger partial charge in [0.15, 0.2) is 0 Å². The Morgan fingerprint density at radius 2 is 1.93 bits per heavy atom. The van der Waals surface area contributed by atoms with E-state index in [1.807, 2.05) is 0 Å². The van der Waals surface area contributed by atoms with Gasteiger partial charge < -0.3 is 4.90 Å². The standard InChI is InChI=1S/C11H12F3N/c1-3-15(2)8-9-6-4-5-7-10(9)11(12,13)14/h3-7H,1,8H2,2H3. The van der Waals surface area contributed by atoms with Gasteiger partial charge in [-0.3, -0.25) is 0 Å². The fraction of sp³-hybridized carbons (Fsp3) is 0.273. The second-order valence-electron chi connectivity index (χ2n) is 3.25. The number of hydrogen-bond acceptors (Lipinski definition) is 1. The molecule has 0 saturated heterocycles. The van der Waals surface area contributed by atoms with Crippen molar-refractivity contribution < 1.29 is 13.2 Å². The van der Waals surface area contributed by atoms with Crippen molar-refractivity contribution in [1.29, 1.82) is 0 Å². The summed E-state index contributed by atoms with van der Waals surface area (Å²) in [4.78, 5) is 1.60. The van der Waals surface area contributed by atoms with Crippen molar-refractivity contribution in [3.8, 4) is 0 Å². The summed E-state index contributed by atoms with van der Waals surface area (Å²) in [5, 5.41) is 0. The topological polar surface area (TPSA) is 3.24 Å². The first kappa shape index (κ1) is 11.6. The molecular weight excluding hydrogens is 203 g/mol. The average molecular weight is 215 g/mol. The predicted octanol–water partition coefficient (Wildman–Crippen LogP) is 3.28. The van der Waals surface area contributed by atoms with Gasteiger partial charge in [-0.05, 0) is 17.8 Å². The van der Waals surface area contributed by atoms with Crippen LogP contribution in [0.25, 0.3) is 0 Å². The zero-order valence-corrected chi connectivity index (χ0v) is 8.38. The van der Waals surface area contributed by atoms with Crippen molar-refractivity contribution in [3.05, 3.63) is 48.2 Å². The monoisotopic (exact) mass is 215 g/mol. The molecule has 0 aliphatic heterocycles. The summed E-state index contributed by atoms with van der Waals surface area (Å²) < 4.78 is 37.7. The molecule has 1 nitrogen and oxygen atoms in total. The summed E-state index contributed by atoms with van der Waals surface area (Å²) in [5.41, 5.74) is -0.328. The van der Waals surface area contributed by atoms with Gasteiger partial charge in [0, 0.05) is 13.6 Å². The van der Waals surface area contributed by atoms with Gasteiger partial charge in [0.1, 0.15) is 0 Å². The van der Waals surface area contributed by atoms with Gasteiger partial charge in [0.2, 0.25) is 0 Å². The van der Waals surface area contributed by atoms with E-state index in [0.29, 0.717) is 0 Å². The van der Waals surface area contributed by atoms with Crippen LogP contribution in [0.4, 0.5) is 13.2 Å². The molecule has 0 amide bonds. The van der Waals surface area contributed by atoms with Gasteiger partial charge in [0.25, 0.3) is 0 Å². The normalized spacial score (nSPS) is 11.2. The number of rotatable bonds is 3. The van der Waals surface area contributed by atoms with Gasteiger partial charge in [-0.1, -0.05) is 24.8 Å². The third kappa shape index (κ3) is 3.01. The molecule has 0 heterocycles. The highest BCUT2D eigenvalue weighted by Gasteiger charge is 2.32. The fourth-order valence-corrected chi connectivity index (χ4v) is 1.27. The molecule has 0 fully saturated rings. The minimum absolute atomic E-state index is 0.208. The van der Waals surface area contributed by atoms with Crippen molar-refractivity contribution in [2.24, 2.45) is 0 Å². The lowest BCUT2D eigenvalue weighted by Gasteiger charge is -2.17. The Balaban J connectivity index is 3.02. The van der Waals surface area contributed by atoms with E-state index in [0.717, 1.165) is 6.07 Å². The molecule has 1 rings (SSSR count). The lowest BCUT2D eigenvalue weighted by atomic mass is 10.1. The molecule has 0 aliphatic carbocycles. The molecule has 82 valence electrons. The van der Waals surface area contributed by atoms with Gasteiger partial charge in [-0.2, -0.15) is 13.2 Å². The number of halogens is 3. The quantitative estimate of drug-likeness (QED) is 0.747. The van der Waals surface area contributed by atoms with Crippen molar-refractivity contribution in [1.82, 2.24) is 4.90 Å². The van der Waals surface area contributed by atoms with Crippen LogP contribution in [0.2, 0.25) is 0 Å². The molecule has 0 N–H and O–H groups in total. The van der Waals surface area contributed by atoms with Crippen LogP contribution in [0.3, 0.4) is 0 Å². The van der Waals surface area contributed by atoms with Crippen LogP contribution < -0.4 is 0 Å². The Bertz CT molecular complexity index is 344. The summed E-state index contributed by atoms with van der Waals surface area (Å²) in [6, 6.07) is 5.55. The van der Waals surface area contributed by atoms with Crippen LogP contribution >= 0.6 is 0 Å². The molecule has 0 aliphatic rings. The van der Waals surface area contributed by atoms with E-state index < -0.39 is 11.7 Å². The van der Waals surface area contributed by atoms with E-state index in [-0.39, 0.29) is 12.1 Å². The summed E-state index contributed by atoms with van der Waals surface area (Å²) in [6.07, 6.45) is -2.80. The van der Waals surface area contributed by atoms with Crippen LogP contribution in [0.1, 0.15) is 11.1 Å². The Kier molecular flexibility index (Phi) is 3.39. The van der Waals surface area contributed by atoms with E-state index in [1.165, 1.54) is 18.3 Å². The van der Waals surface area contributed by atoms with Crippen molar-refractivity contribution in [2.45, 2.75) is 12.7 Å². The highest BCUT2D eigenvalue weighted by Crippen LogP contribution is 2.32. The molecule has 0 radical (unpaired) electrons. The molecule has 0 atom stereocenters. The molecule has 15 heavy (non-hydrogen) atoms. The van der Waals surface area contributed by atoms with Gasteiger partial charge >= 0.3 is 6.18 Å². The first-order valence-electron chi connectivity index (χ1n) is 4.43. The van der Waals surface area contributed by atoms with Crippen LogP contribution in [-0.4, -0.2) is 11.9 Å². The van der Waals surface area contributed by atoms with Crippen LogP contribution in [0.5, 0.6) is 0 Å². The lowest BCUT2D eigenvalue weighted by molar-refractivity contribution is -0.138. The molecule has 0 aromatic heterocycles. The third-order valence-electron chi connectivity index (χ3n) is 2.05. The minimum Gasteiger partial charge on any atom is -0.377 e. The first-order valence-corrected chi connectivity index (χ1v) is 4.43. The lowest BCUT2D eigenvalue weighted by Crippen LogP contribution is -2.15. The second-order valence-corrected chi connectivity index (χ2v) is 3.25. The zero-order valence-electron chi connectivity index (χ0n) is 8.38. The number of benzene rings is 1. The largest absolute Gasteiger partial charge is 0.416 e. The highest BCUT2D eigenvalue weighted by atomic mass is 19.4.